The molecule has 0 aromatic carbocycles. The molecule has 0 aliphatic heterocycles. The molecule has 0 aromatic rings. The van der Waals surface area contributed by atoms with Crippen molar-refractivity contribution >= 4 is 6.01 Å². The van der Waals surface area contributed by atoms with Gasteiger partial charge in [-0.2, -0.15) is 0 Å². The molecule has 2 aliphatic rings. The predicted octanol–water partition coefficient (Wildman–Crippen LogP) is 6.08. The molecule has 2 nitrogen and oxygen atoms in total. The van der Waals surface area contributed by atoms with E-state index in [0.29, 0.717) is 12.1 Å². The minimum atomic E-state index is 0.445. The lowest BCUT2D eigenvalue weighted by atomic mass is 9.74. The summed E-state index contributed by atoms with van der Waals surface area (Å²) < 4.78 is 0. The van der Waals surface area contributed by atoms with E-state index in [1.165, 1.54) is 38.5 Å². The smallest absolute Gasteiger partial charge is 0.0898 e. The summed E-state index contributed by atoms with van der Waals surface area (Å²) in [5, 5.41) is 0. The van der Waals surface area contributed by atoms with Crippen molar-refractivity contribution in [3.63, 3.8) is 0 Å². The molecule has 0 unspecified atom stereocenters. The second-order valence-electron chi connectivity index (χ2n) is 9.15. The van der Waals surface area contributed by atoms with Gasteiger partial charge in [-0.05, 0) is 61.2 Å². The van der Waals surface area contributed by atoms with Gasteiger partial charge in [0, 0.05) is 0 Å². The number of nitrogens with zero attached hydrogens (tertiary/aromatic N) is 2. The number of aliphatic imine (C=N–C) groups is 2. The van der Waals surface area contributed by atoms with Crippen molar-refractivity contribution < 1.29 is 0 Å². The molecule has 0 N–H and O–H groups in total. The van der Waals surface area contributed by atoms with Crippen molar-refractivity contribution in [2.75, 3.05) is 0 Å². The van der Waals surface area contributed by atoms with Crippen LogP contribution in [0.2, 0.25) is 0 Å². The van der Waals surface area contributed by atoms with Gasteiger partial charge in [0.2, 0.25) is 0 Å². The first-order chi connectivity index (χ1) is 10.9. The Morgan fingerprint density at radius 1 is 0.696 bits per heavy atom. The van der Waals surface area contributed by atoms with Crippen molar-refractivity contribution in [1.29, 1.82) is 0 Å². The third kappa shape index (κ3) is 5.18. The lowest BCUT2D eigenvalue weighted by Gasteiger charge is -2.35. The van der Waals surface area contributed by atoms with E-state index in [1.54, 1.807) is 0 Å². The molecule has 2 fully saturated rings. The topological polar surface area (TPSA) is 24.7 Å². The Bertz CT molecular complexity index is 384. The second kappa shape index (κ2) is 8.47. The quantitative estimate of drug-likeness (QED) is 0.561. The van der Waals surface area contributed by atoms with Gasteiger partial charge in [-0.1, -0.05) is 54.4 Å². The van der Waals surface area contributed by atoms with Gasteiger partial charge < -0.3 is 0 Å². The predicted molar refractivity (Wildman–Crippen MR) is 100 cm³/mol. The molecular weight excluding hydrogens is 280 g/mol. The maximum Gasteiger partial charge on any atom is 0.0898 e. The van der Waals surface area contributed by atoms with Gasteiger partial charge in [-0.15, -0.1) is 0 Å². The summed E-state index contributed by atoms with van der Waals surface area (Å²) in [6.07, 6.45) is 7.82. The Morgan fingerprint density at radius 3 is 1.43 bits per heavy atom. The Kier molecular flexibility index (Phi) is 6.89. The molecule has 0 heterocycles. The molecule has 0 amide bonds. The molecule has 0 radical (unpaired) electrons. The summed E-state index contributed by atoms with van der Waals surface area (Å²) >= 11 is 0. The van der Waals surface area contributed by atoms with Crippen LogP contribution in [0, 0.1) is 35.5 Å². The molecule has 2 rings (SSSR count). The van der Waals surface area contributed by atoms with Gasteiger partial charge in [-0.3, -0.25) is 0 Å². The van der Waals surface area contributed by atoms with Crippen molar-refractivity contribution in [2.24, 2.45) is 45.5 Å². The third-order valence-electron chi connectivity index (χ3n) is 6.42. The average molecular weight is 319 g/mol. The van der Waals surface area contributed by atoms with Crippen LogP contribution in [0.4, 0.5) is 0 Å². The fraction of sp³-hybridized carbons (Fsp3) is 0.952. The summed E-state index contributed by atoms with van der Waals surface area (Å²) in [6.45, 7) is 14.1. The monoisotopic (exact) mass is 318 g/mol. The second-order valence-corrected chi connectivity index (χ2v) is 9.15. The van der Waals surface area contributed by atoms with Crippen LogP contribution in [0.25, 0.3) is 0 Å². The maximum atomic E-state index is 4.83. The zero-order valence-electron chi connectivity index (χ0n) is 16.3. The summed E-state index contributed by atoms with van der Waals surface area (Å²) in [4.78, 5) is 9.67. The van der Waals surface area contributed by atoms with Crippen molar-refractivity contribution in [2.45, 2.75) is 92.2 Å². The highest BCUT2D eigenvalue weighted by atomic mass is 14.9. The van der Waals surface area contributed by atoms with Crippen LogP contribution in [0.3, 0.4) is 0 Å². The Morgan fingerprint density at radius 2 is 1.09 bits per heavy atom. The molecule has 0 bridgehead atoms. The first-order valence-electron chi connectivity index (χ1n) is 10.0. The summed E-state index contributed by atoms with van der Waals surface area (Å²) in [5.74, 6) is 4.49. The van der Waals surface area contributed by atoms with Gasteiger partial charge in [0.15, 0.2) is 0 Å². The lowest BCUT2D eigenvalue weighted by molar-refractivity contribution is 0.198. The summed E-state index contributed by atoms with van der Waals surface area (Å²) in [7, 11) is 0. The largest absolute Gasteiger partial charge is 0.222 e. The van der Waals surface area contributed by atoms with Gasteiger partial charge in [0.05, 0.1) is 18.1 Å². The van der Waals surface area contributed by atoms with Crippen molar-refractivity contribution in [1.82, 2.24) is 0 Å². The van der Waals surface area contributed by atoms with Gasteiger partial charge in [0.1, 0.15) is 0 Å². The fourth-order valence-electron chi connectivity index (χ4n) is 4.78. The Labute approximate surface area is 144 Å². The van der Waals surface area contributed by atoms with Crippen LogP contribution in [0.1, 0.15) is 80.1 Å². The van der Waals surface area contributed by atoms with Crippen LogP contribution in [0.15, 0.2) is 9.98 Å². The van der Waals surface area contributed by atoms with E-state index in [1.807, 2.05) is 0 Å². The van der Waals surface area contributed by atoms with Crippen LogP contribution < -0.4 is 0 Å². The molecule has 2 heteroatoms. The maximum absolute atomic E-state index is 4.83. The zero-order chi connectivity index (χ0) is 17.0. The molecule has 0 aromatic heterocycles. The Balaban J connectivity index is 2.07. The molecule has 23 heavy (non-hydrogen) atoms. The van der Waals surface area contributed by atoms with Crippen LogP contribution in [0.5, 0.6) is 0 Å². The fourth-order valence-corrected chi connectivity index (χ4v) is 4.78. The van der Waals surface area contributed by atoms with Gasteiger partial charge >= 0.3 is 0 Å². The minimum Gasteiger partial charge on any atom is -0.222 e. The number of hydrogen-bond donors (Lipinski definition) is 0. The van der Waals surface area contributed by atoms with E-state index < -0.39 is 0 Å². The molecule has 132 valence electrons. The molecule has 2 aliphatic carbocycles. The highest BCUT2D eigenvalue weighted by Crippen LogP contribution is 2.36. The van der Waals surface area contributed by atoms with E-state index in [4.69, 9.17) is 9.98 Å². The van der Waals surface area contributed by atoms with Crippen LogP contribution in [-0.4, -0.2) is 18.1 Å². The zero-order valence-corrected chi connectivity index (χ0v) is 16.3. The molecule has 0 spiro atoms. The first kappa shape index (κ1) is 18.7. The highest BCUT2D eigenvalue weighted by molar-refractivity contribution is 5.42. The van der Waals surface area contributed by atoms with E-state index >= 15 is 0 Å². The standard InChI is InChI=1S/C21H38N2/c1-14(2)18-9-7-16(5)11-20(18)22-13-23-21-12-17(6)8-10-19(21)15(3)4/h14-21H,7-12H2,1-6H3/t16-,17-,18+,19+,20-,21-/m1/s1. The summed E-state index contributed by atoms with van der Waals surface area (Å²) in [5.41, 5.74) is 0. The molecule has 0 saturated heterocycles. The molecular formula is C21H38N2. The van der Waals surface area contributed by atoms with Gasteiger partial charge in [-0.25, -0.2) is 9.98 Å². The summed E-state index contributed by atoms with van der Waals surface area (Å²) in [6, 6.07) is 4.08. The number of hydrogen-bond acceptors (Lipinski definition) is 2. The SMILES string of the molecule is CC(C)[C@@H]1CC[C@@H](C)C[C@H]1N=C=N[C@@H]1C[C@H](C)CC[C@H]1C(C)C. The average Bonchev–Trinajstić information content (AvgIpc) is 2.46. The minimum absolute atomic E-state index is 0.445. The van der Waals surface area contributed by atoms with Crippen molar-refractivity contribution in [3.8, 4) is 0 Å². The normalized spacial score (nSPS) is 38.4. The third-order valence-corrected chi connectivity index (χ3v) is 6.42. The Hall–Kier alpha value is -0.620. The first-order valence-corrected chi connectivity index (χ1v) is 10.0. The van der Waals surface area contributed by atoms with E-state index in [2.05, 4.69) is 47.6 Å². The van der Waals surface area contributed by atoms with Crippen LogP contribution in [-0.2, 0) is 0 Å². The van der Waals surface area contributed by atoms with E-state index in [0.717, 1.165) is 35.5 Å². The van der Waals surface area contributed by atoms with E-state index in [-0.39, 0.29) is 0 Å². The lowest BCUT2D eigenvalue weighted by Crippen LogP contribution is -2.31. The van der Waals surface area contributed by atoms with Crippen LogP contribution >= 0.6 is 0 Å². The number of rotatable bonds is 4. The van der Waals surface area contributed by atoms with E-state index in [9.17, 15) is 0 Å². The molecule has 6 atom stereocenters. The van der Waals surface area contributed by atoms with Crippen molar-refractivity contribution in [3.05, 3.63) is 0 Å². The molecule has 2 saturated carbocycles. The highest BCUT2D eigenvalue weighted by Gasteiger charge is 2.31. The van der Waals surface area contributed by atoms with Gasteiger partial charge in [0.25, 0.3) is 0 Å².